The molecule has 0 saturated heterocycles. The average molecular weight is 183 g/mol. The van der Waals surface area contributed by atoms with Gasteiger partial charge in [-0.3, -0.25) is 4.99 Å². The van der Waals surface area contributed by atoms with Crippen molar-refractivity contribution >= 4 is 23.3 Å². The molecule has 12 heavy (non-hydrogen) atoms. The number of hydrogen-bond donors (Lipinski definition) is 0. The number of aryl methyl sites for hydroxylation is 1. The van der Waals surface area contributed by atoms with Crippen LogP contribution in [0.3, 0.4) is 0 Å². The van der Waals surface area contributed by atoms with Gasteiger partial charge in [0, 0.05) is 11.9 Å². The van der Waals surface area contributed by atoms with Crippen LogP contribution in [0.4, 0.5) is 0 Å². The van der Waals surface area contributed by atoms with Crippen LogP contribution in [0.25, 0.3) is 0 Å². The van der Waals surface area contributed by atoms with Crippen LogP contribution in [0.15, 0.2) is 9.52 Å². The third kappa shape index (κ3) is 1.94. The monoisotopic (exact) mass is 183 g/mol. The Morgan fingerprint density at radius 3 is 2.92 bits per heavy atom. The second-order valence-electron chi connectivity index (χ2n) is 2.12. The fourth-order valence-corrected chi connectivity index (χ4v) is 0.902. The van der Waals surface area contributed by atoms with E-state index in [1.807, 2.05) is 6.92 Å². The van der Waals surface area contributed by atoms with Gasteiger partial charge in [-0.25, -0.2) is 0 Å². The van der Waals surface area contributed by atoms with Crippen molar-refractivity contribution in [3.63, 3.8) is 0 Å². The lowest BCUT2D eigenvalue weighted by Crippen LogP contribution is -2.02. The molecule has 64 valence electrons. The summed E-state index contributed by atoms with van der Waals surface area (Å²) in [5.74, 6) is 0.981. The molecule has 0 spiro atoms. The molecule has 0 aliphatic rings. The van der Waals surface area contributed by atoms with Crippen molar-refractivity contribution in [1.29, 1.82) is 0 Å². The molecule has 0 amide bonds. The summed E-state index contributed by atoms with van der Waals surface area (Å²) >= 11 is 4.75. The van der Waals surface area contributed by atoms with Crippen LogP contribution < -0.4 is 0 Å². The Morgan fingerprint density at radius 1 is 1.75 bits per heavy atom. The van der Waals surface area contributed by atoms with Crippen molar-refractivity contribution in [3.8, 4) is 0 Å². The van der Waals surface area contributed by atoms with E-state index < -0.39 is 0 Å². The van der Waals surface area contributed by atoms with Gasteiger partial charge in [-0.05, 0) is 13.8 Å². The van der Waals surface area contributed by atoms with Crippen LogP contribution in [0, 0.1) is 6.92 Å². The summed E-state index contributed by atoms with van der Waals surface area (Å²) in [6.07, 6.45) is 0. The second kappa shape index (κ2) is 4.06. The quantitative estimate of drug-likeness (QED) is 0.521. The molecule has 0 fully saturated rings. The zero-order valence-electron chi connectivity index (χ0n) is 6.94. The molecule has 0 saturated carbocycles. The number of rotatable bonds is 3. The Bertz CT molecular complexity index is 305. The summed E-state index contributed by atoms with van der Waals surface area (Å²) in [5.41, 5.74) is 0.577. The van der Waals surface area contributed by atoms with E-state index in [9.17, 15) is 0 Å². The zero-order chi connectivity index (χ0) is 8.97. The van der Waals surface area contributed by atoms with E-state index in [2.05, 4.69) is 15.1 Å². The summed E-state index contributed by atoms with van der Waals surface area (Å²) in [6, 6.07) is 0. The normalized spacial score (nSPS) is 11.7. The van der Waals surface area contributed by atoms with Crippen LogP contribution in [0.5, 0.6) is 0 Å². The van der Waals surface area contributed by atoms with Crippen molar-refractivity contribution in [2.45, 2.75) is 13.8 Å². The highest BCUT2D eigenvalue weighted by Gasteiger charge is 2.07. The van der Waals surface area contributed by atoms with Crippen molar-refractivity contribution in [3.05, 3.63) is 11.7 Å². The maximum atomic E-state index is 4.88. The summed E-state index contributed by atoms with van der Waals surface area (Å²) in [7, 11) is 0. The van der Waals surface area contributed by atoms with E-state index in [0.29, 0.717) is 24.0 Å². The number of aliphatic imine (C=N–C) groups is 1. The molecule has 0 atom stereocenters. The van der Waals surface area contributed by atoms with Gasteiger partial charge in [0.25, 0.3) is 5.89 Å². The first kappa shape index (κ1) is 8.99. The first-order valence-corrected chi connectivity index (χ1v) is 4.05. The molecule has 0 bridgehead atoms. The Kier molecular flexibility index (Phi) is 3.04. The number of thiocarbonyl (C=S) groups is 1. The highest BCUT2D eigenvalue weighted by Crippen LogP contribution is 1.97. The van der Waals surface area contributed by atoms with E-state index in [4.69, 9.17) is 16.7 Å². The Labute approximate surface area is 75.7 Å². The van der Waals surface area contributed by atoms with Gasteiger partial charge in [-0.15, -0.1) is 0 Å². The second-order valence-corrected chi connectivity index (χ2v) is 2.36. The Morgan fingerprint density at radius 2 is 2.50 bits per heavy atom. The van der Waals surface area contributed by atoms with Crippen molar-refractivity contribution in [2.24, 2.45) is 4.99 Å². The number of aromatic nitrogens is 2. The van der Waals surface area contributed by atoms with Gasteiger partial charge >= 0.3 is 0 Å². The van der Waals surface area contributed by atoms with Gasteiger partial charge < -0.3 is 4.52 Å². The van der Waals surface area contributed by atoms with E-state index in [1.165, 1.54) is 5.37 Å². The maximum Gasteiger partial charge on any atom is 0.276 e. The minimum Gasteiger partial charge on any atom is -0.332 e. The molecule has 0 aliphatic heterocycles. The fraction of sp³-hybridized carbons (Fsp3) is 0.429. The molecule has 0 aromatic carbocycles. The predicted octanol–water partition coefficient (Wildman–Crippen LogP) is 1.19. The molecule has 1 aromatic heterocycles. The molecule has 5 heteroatoms. The van der Waals surface area contributed by atoms with E-state index >= 15 is 0 Å². The SMILES string of the molecule is CCN=C(C=S)c1nc(C)no1. The van der Waals surface area contributed by atoms with Gasteiger partial charge in [0.15, 0.2) is 5.82 Å². The van der Waals surface area contributed by atoms with Gasteiger partial charge in [0.2, 0.25) is 0 Å². The lowest BCUT2D eigenvalue weighted by Gasteiger charge is -1.89. The van der Waals surface area contributed by atoms with E-state index in [-0.39, 0.29) is 0 Å². The number of hydrogen-bond acceptors (Lipinski definition) is 5. The maximum absolute atomic E-state index is 4.88. The Balaban J connectivity index is 2.94. The molecule has 1 heterocycles. The standard InChI is InChI=1S/C7H9N3OS/c1-3-8-6(4-12)7-9-5(2)10-11-7/h4H,3H2,1-2H3. The number of nitrogens with zero attached hydrogens (tertiary/aromatic N) is 3. The van der Waals surface area contributed by atoms with E-state index in [0.717, 1.165) is 0 Å². The third-order valence-corrected chi connectivity index (χ3v) is 1.41. The molecule has 0 aliphatic carbocycles. The summed E-state index contributed by atoms with van der Waals surface area (Å²) in [4.78, 5) is 8.08. The van der Waals surface area contributed by atoms with Crippen LogP contribution >= 0.6 is 12.2 Å². The van der Waals surface area contributed by atoms with Crippen LogP contribution in [-0.4, -0.2) is 27.8 Å². The van der Waals surface area contributed by atoms with Crippen molar-refractivity contribution in [2.75, 3.05) is 6.54 Å². The lowest BCUT2D eigenvalue weighted by atomic mass is 10.4. The highest BCUT2D eigenvalue weighted by molar-refractivity contribution is 7.80. The molecular weight excluding hydrogens is 174 g/mol. The lowest BCUT2D eigenvalue weighted by molar-refractivity contribution is 0.407. The molecule has 0 N–H and O–H groups in total. The molecule has 0 unspecified atom stereocenters. The van der Waals surface area contributed by atoms with Crippen molar-refractivity contribution < 1.29 is 4.52 Å². The summed E-state index contributed by atoms with van der Waals surface area (Å²) < 4.78 is 4.88. The highest BCUT2D eigenvalue weighted by atomic mass is 32.1. The molecule has 1 rings (SSSR count). The minimum atomic E-state index is 0.393. The molecule has 4 nitrogen and oxygen atoms in total. The summed E-state index contributed by atoms with van der Waals surface area (Å²) in [6.45, 7) is 4.33. The minimum absolute atomic E-state index is 0.393. The molecular formula is C7H9N3OS. The van der Waals surface area contributed by atoms with Gasteiger partial charge in [0.05, 0.1) is 0 Å². The van der Waals surface area contributed by atoms with Gasteiger partial charge in [-0.1, -0.05) is 17.4 Å². The first-order valence-electron chi connectivity index (χ1n) is 3.58. The molecule has 1 aromatic rings. The van der Waals surface area contributed by atoms with Gasteiger partial charge in [0.1, 0.15) is 5.71 Å². The Hall–Kier alpha value is -1.10. The average Bonchev–Trinajstić information content (AvgIpc) is 2.47. The zero-order valence-corrected chi connectivity index (χ0v) is 7.76. The smallest absolute Gasteiger partial charge is 0.276 e. The molecule has 0 radical (unpaired) electrons. The largest absolute Gasteiger partial charge is 0.332 e. The van der Waals surface area contributed by atoms with E-state index in [1.54, 1.807) is 6.92 Å². The van der Waals surface area contributed by atoms with Gasteiger partial charge in [-0.2, -0.15) is 4.98 Å². The van der Waals surface area contributed by atoms with Crippen LogP contribution in [-0.2, 0) is 0 Å². The first-order chi connectivity index (χ1) is 5.77. The summed E-state index contributed by atoms with van der Waals surface area (Å²) in [5, 5.41) is 5.08. The fourth-order valence-electron chi connectivity index (χ4n) is 0.727. The van der Waals surface area contributed by atoms with Crippen LogP contribution in [0.1, 0.15) is 18.6 Å². The van der Waals surface area contributed by atoms with Crippen LogP contribution in [0.2, 0.25) is 0 Å². The third-order valence-electron chi connectivity index (χ3n) is 1.19. The topological polar surface area (TPSA) is 51.3 Å². The van der Waals surface area contributed by atoms with Crippen molar-refractivity contribution in [1.82, 2.24) is 10.1 Å². The predicted molar refractivity (Wildman–Crippen MR) is 49.8 cm³/mol.